The number of nitrogens with two attached hydrogens (primary N) is 1. The highest BCUT2D eigenvalue weighted by Gasteiger charge is 2.44. The van der Waals surface area contributed by atoms with Crippen molar-refractivity contribution < 1.29 is 19.7 Å². The molecule has 0 aromatic carbocycles. The van der Waals surface area contributed by atoms with Gasteiger partial charge in [0.2, 0.25) is 0 Å². The second kappa shape index (κ2) is 6.93. The average Bonchev–Trinajstić information content (AvgIpc) is 3.17. The molecule has 20 heavy (non-hydrogen) atoms. The van der Waals surface area contributed by atoms with Crippen LogP contribution in [0.2, 0.25) is 0 Å². The van der Waals surface area contributed by atoms with Gasteiger partial charge in [0.05, 0.1) is 18.8 Å². The summed E-state index contributed by atoms with van der Waals surface area (Å²) in [5.74, 6) is 0. The zero-order valence-corrected chi connectivity index (χ0v) is 13.3. The standard InChI is InChI=1S/C9H17NO3.C4H9NO.ClH/c1-8(2,3)13-7(12)10-9(6-11)4-5-9;5-4(3-6)1-2-4;/h11H,4-6H2,1-3H3,(H,10,12);6H,1-3,5H2;1H. The van der Waals surface area contributed by atoms with Crippen LogP contribution in [0.4, 0.5) is 4.79 Å². The molecule has 6 nitrogen and oxygen atoms in total. The van der Waals surface area contributed by atoms with E-state index in [4.69, 9.17) is 20.7 Å². The zero-order valence-electron chi connectivity index (χ0n) is 12.4. The van der Waals surface area contributed by atoms with Crippen LogP contribution in [0.25, 0.3) is 0 Å². The summed E-state index contributed by atoms with van der Waals surface area (Å²) in [7, 11) is 0. The first-order chi connectivity index (χ1) is 8.64. The second-order valence-corrected chi connectivity index (χ2v) is 6.59. The van der Waals surface area contributed by atoms with Crippen molar-refractivity contribution in [3.63, 3.8) is 0 Å². The molecule has 0 saturated heterocycles. The number of carbonyl (C=O) groups excluding carboxylic acids is 1. The molecule has 0 spiro atoms. The van der Waals surface area contributed by atoms with Gasteiger partial charge in [-0.1, -0.05) is 0 Å². The van der Waals surface area contributed by atoms with Crippen molar-refractivity contribution >= 4 is 18.5 Å². The Morgan fingerprint density at radius 2 is 1.70 bits per heavy atom. The SMILES string of the molecule is CC(C)(C)OC(=O)NC1(CO)CC1.Cl.NC1(CO)CC1. The van der Waals surface area contributed by atoms with E-state index >= 15 is 0 Å². The maximum absolute atomic E-state index is 11.2. The fourth-order valence-electron chi connectivity index (χ4n) is 1.31. The molecule has 2 aliphatic carbocycles. The first-order valence-electron chi connectivity index (χ1n) is 6.65. The highest BCUT2D eigenvalue weighted by atomic mass is 35.5. The third-order valence-corrected chi connectivity index (χ3v) is 3.13. The predicted octanol–water partition coefficient (Wildman–Crippen LogP) is 0.928. The maximum atomic E-state index is 11.2. The Morgan fingerprint density at radius 1 is 1.20 bits per heavy atom. The molecular weight excluding hydrogens is 284 g/mol. The van der Waals surface area contributed by atoms with Gasteiger partial charge in [0, 0.05) is 5.54 Å². The molecule has 0 heterocycles. The number of hydrogen-bond donors (Lipinski definition) is 4. The van der Waals surface area contributed by atoms with Crippen molar-refractivity contribution in [2.45, 2.75) is 63.1 Å². The van der Waals surface area contributed by atoms with Gasteiger partial charge >= 0.3 is 6.09 Å². The number of alkyl carbamates (subject to hydrolysis) is 1. The first kappa shape index (κ1) is 19.4. The van der Waals surface area contributed by atoms with Crippen molar-refractivity contribution in [3.8, 4) is 0 Å². The molecule has 2 aliphatic rings. The van der Waals surface area contributed by atoms with Crippen LogP contribution in [0.5, 0.6) is 0 Å². The molecule has 2 saturated carbocycles. The van der Waals surface area contributed by atoms with Crippen LogP contribution < -0.4 is 11.1 Å². The highest BCUT2D eigenvalue weighted by molar-refractivity contribution is 5.85. The Balaban J connectivity index is 0.000000434. The normalized spacial score (nSPS) is 20.7. The quantitative estimate of drug-likeness (QED) is 0.620. The summed E-state index contributed by atoms with van der Waals surface area (Å²) < 4.78 is 5.05. The number of carbonyl (C=O) groups is 1. The minimum atomic E-state index is -0.477. The summed E-state index contributed by atoms with van der Waals surface area (Å²) >= 11 is 0. The Morgan fingerprint density at radius 3 is 1.90 bits per heavy atom. The lowest BCUT2D eigenvalue weighted by Gasteiger charge is -2.22. The van der Waals surface area contributed by atoms with Gasteiger partial charge in [-0.05, 0) is 46.5 Å². The summed E-state index contributed by atoms with van der Waals surface area (Å²) in [5.41, 5.74) is 4.38. The average molecular weight is 311 g/mol. The van der Waals surface area contributed by atoms with Crippen LogP contribution in [-0.2, 0) is 4.74 Å². The smallest absolute Gasteiger partial charge is 0.408 e. The molecule has 1 amide bonds. The number of aliphatic hydroxyl groups is 2. The summed E-state index contributed by atoms with van der Waals surface area (Å²) in [5, 5.41) is 19.9. The van der Waals surface area contributed by atoms with Crippen molar-refractivity contribution in [3.05, 3.63) is 0 Å². The van der Waals surface area contributed by atoms with E-state index in [1.54, 1.807) is 0 Å². The lowest BCUT2D eigenvalue weighted by atomic mass is 10.2. The molecule has 2 rings (SSSR count). The van der Waals surface area contributed by atoms with Gasteiger partial charge in [0.25, 0.3) is 0 Å². The van der Waals surface area contributed by atoms with Gasteiger partial charge < -0.3 is 26.0 Å². The molecule has 120 valence electrons. The lowest BCUT2D eigenvalue weighted by molar-refractivity contribution is 0.0471. The van der Waals surface area contributed by atoms with Crippen molar-refractivity contribution in [2.24, 2.45) is 5.73 Å². The molecule has 0 aromatic heterocycles. The van der Waals surface area contributed by atoms with E-state index in [1.165, 1.54) is 0 Å². The molecule has 7 heteroatoms. The Bertz CT molecular complexity index is 323. The highest BCUT2D eigenvalue weighted by Crippen LogP contribution is 2.34. The third kappa shape index (κ3) is 7.28. The van der Waals surface area contributed by atoms with Crippen LogP contribution in [0.3, 0.4) is 0 Å². The number of rotatable bonds is 3. The minimum absolute atomic E-state index is 0. The van der Waals surface area contributed by atoms with E-state index in [-0.39, 0.29) is 36.7 Å². The Labute approximate surface area is 126 Å². The maximum Gasteiger partial charge on any atom is 0.408 e. The monoisotopic (exact) mass is 310 g/mol. The van der Waals surface area contributed by atoms with Crippen molar-refractivity contribution in [2.75, 3.05) is 13.2 Å². The number of hydrogen-bond acceptors (Lipinski definition) is 5. The van der Waals surface area contributed by atoms with Crippen LogP contribution >= 0.6 is 12.4 Å². The van der Waals surface area contributed by atoms with Crippen molar-refractivity contribution in [1.29, 1.82) is 0 Å². The molecule has 0 aromatic rings. The van der Waals surface area contributed by atoms with E-state index in [9.17, 15) is 4.79 Å². The molecule has 0 aliphatic heterocycles. The van der Waals surface area contributed by atoms with Gasteiger partial charge in [0.15, 0.2) is 0 Å². The lowest BCUT2D eigenvalue weighted by Crippen LogP contribution is -2.42. The van der Waals surface area contributed by atoms with Gasteiger partial charge in [-0.15, -0.1) is 12.4 Å². The van der Waals surface area contributed by atoms with E-state index in [1.807, 2.05) is 20.8 Å². The fourth-order valence-corrected chi connectivity index (χ4v) is 1.31. The molecule has 5 N–H and O–H groups in total. The number of amides is 1. The number of aliphatic hydroxyl groups excluding tert-OH is 2. The molecule has 2 fully saturated rings. The van der Waals surface area contributed by atoms with Gasteiger partial charge in [-0.3, -0.25) is 0 Å². The van der Waals surface area contributed by atoms with E-state index < -0.39 is 11.7 Å². The Kier molecular flexibility index (Phi) is 6.74. The molecule has 0 unspecified atom stereocenters. The molecule has 0 atom stereocenters. The third-order valence-electron chi connectivity index (χ3n) is 3.13. The van der Waals surface area contributed by atoms with Crippen LogP contribution in [0.15, 0.2) is 0 Å². The van der Waals surface area contributed by atoms with Crippen LogP contribution in [0.1, 0.15) is 46.5 Å². The first-order valence-corrected chi connectivity index (χ1v) is 6.65. The summed E-state index contributed by atoms with van der Waals surface area (Å²) in [6.07, 6.45) is 3.23. The molecule has 0 bridgehead atoms. The van der Waals surface area contributed by atoms with Crippen LogP contribution in [-0.4, -0.2) is 46.2 Å². The van der Waals surface area contributed by atoms with Crippen LogP contribution in [0, 0.1) is 0 Å². The summed E-state index contributed by atoms with van der Waals surface area (Å²) in [6, 6.07) is 0. The number of ether oxygens (including phenoxy) is 1. The fraction of sp³-hybridized carbons (Fsp3) is 0.923. The van der Waals surface area contributed by atoms with Gasteiger partial charge in [-0.2, -0.15) is 0 Å². The van der Waals surface area contributed by atoms with E-state index in [0.717, 1.165) is 25.7 Å². The largest absolute Gasteiger partial charge is 0.444 e. The van der Waals surface area contributed by atoms with E-state index in [2.05, 4.69) is 5.32 Å². The summed E-state index contributed by atoms with van der Waals surface area (Å²) in [4.78, 5) is 11.2. The van der Waals surface area contributed by atoms with Gasteiger partial charge in [0.1, 0.15) is 5.60 Å². The summed E-state index contributed by atoms with van der Waals surface area (Å²) in [6.45, 7) is 5.58. The Hall–Kier alpha value is -0.560. The van der Waals surface area contributed by atoms with E-state index in [0.29, 0.717) is 0 Å². The predicted molar refractivity (Wildman–Crippen MR) is 78.9 cm³/mol. The van der Waals surface area contributed by atoms with Gasteiger partial charge in [-0.25, -0.2) is 4.79 Å². The second-order valence-electron chi connectivity index (χ2n) is 6.59. The molecule has 0 radical (unpaired) electrons. The number of halogens is 1. The zero-order chi connectivity index (χ0) is 14.7. The topological polar surface area (TPSA) is 105 Å². The van der Waals surface area contributed by atoms with Crippen molar-refractivity contribution in [1.82, 2.24) is 5.32 Å². The number of nitrogens with one attached hydrogen (secondary N) is 1. The molecular formula is C13H27ClN2O4. The minimum Gasteiger partial charge on any atom is -0.444 e.